The Morgan fingerprint density at radius 3 is 2.78 bits per heavy atom. The number of carboxylic acids is 1. The van der Waals surface area contributed by atoms with Crippen LogP contribution in [0.15, 0.2) is 41.0 Å². The Hall–Kier alpha value is -2.35. The van der Waals surface area contributed by atoms with E-state index in [0.717, 1.165) is 10.0 Å². The molecule has 1 heterocycles. The molecule has 0 saturated carbocycles. The van der Waals surface area contributed by atoms with Crippen LogP contribution in [0.3, 0.4) is 0 Å². The first-order valence-corrected chi connectivity index (χ1v) is 7.87. The fraction of sp³-hybridized carbons (Fsp3) is 0.267. The number of anilines is 1. The smallest absolute Gasteiger partial charge is 0.320 e. The summed E-state index contributed by atoms with van der Waals surface area (Å²) in [5.41, 5.74) is 1.04. The summed E-state index contributed by atoms with van der Waals surface area (Å²) in [6.07, 6.45) is 2.02. The molecular weight excluding hydrogens is 364 g/mol. The van der Waals surface area contributed by atoms with E-state index >= 15 is 0 Å². The van der Waals surface area contributed by atoms with Crippen LogP contribution in [0.2, 0.25) is 0 Å². The average Bonchev–Trinajstić information content (AvgIpc) is 2.93. The van der Waals surface area contributed by atoms with Gasteiger partial charge in [-0.1, -0.05) is 34.1 Å². The molecule has 1 aromatic carbocycles. The molecule has 0 radical (unpaired) electrons. The van der Waals surface area contributed by atoms with Crippen molar-refractivity contribution in [1.29, 1.82) is 0 Å². The van der Waals surface area contributed by atoms with Crippen molar-refractivity contribution in [2.45, 2.75) is 19.4 Å². The van der Waals surface area contributed by atoms with Gasteiger partial charge in [-0.15, -0.1) is 0 Å². The Balaban J connectivity index is 1.89. The van der Waals surface area contributed by atoms with Crippen molar-refractivity contribution in [3.8, 4) is 0 Å². The van der Waals surface area contributed by atoms with Crippen LogP contribution in [0.25, 0.3) is 0 Å². The van der Waals surface area contributed by atoms with Crippen LogP contribution in [0.1, 0.15) is 18.4 Å². The van der Waals surface area contributed by atoms with Gasteiger partial charge in [-0.3, -0.25) is 10.1 Å². The van der Waals surface area contributed by atoms with Crippen molar-refractivity contribution in [2.75, 3.05) is 11.9 Å². The maximum absolute atomic E-state index is 11.8. The van der Waals surface area contributed by atoms with Gasteiger partial charge >= 0.3 is 12.0 Å². The fourth-order valence-corrected chi connectivity index (χ4v) is 2.37. The first-order chi connectivity index (χ1) is 11.1. The monoisotopic (exact) mass is 380 g/mol. The molecule has 2 rings (SSSR count). The third kappa shape index (κ3) is 5.41. The Kier molecular flexibility index (Phi) is 6.16. The van der Waals surface area contributed by atoms with E-state index < -0.39 is 5.97 Å². The zero-order valence-electron chi connectivity index (χ0n) is 12.3. The minimum Gasteiger partial charge on any atom is -0.481 e. The van der Waals surface area contributed by atoms with Gasteiger partial charge in [0.25, 0.3) is 0 Å². The molecule has 0 bridgehead atoms. The number of aliphatic carboxylic acids is 1. The quantitative estimate of drug-likeness (QED) is 0.643. The van der Waals surface area contributed by atoms with E-state index in [1.807, 2.05) is 24.3 Å². The third-order valence-corrected chi connectivity index (χ3v) is 3.86. The second-order valence-corrected chi connectivity index (χ2v) is 5.70. The molecule has 8 heteroatoms. The topological polar surface area (TPSA) is 96.2 Å². The number of carboxylic acid groups (broad SMARTS) is 1. The second-order valence-electron chi connectivity index (χ2n) is 4.84. The number of nitrogens with zero attached hydrogens (tertiary/aromatic N) is 2. The van der Waals surface area contributed by atoms with Crippen LogP contribution >= 0.6 is 15.9 Å². The number of nitrogens with one attached hydrogen (secondary N) is 2. The molecule has 0 saturated heterocycles. The van der Waals surface area contributed by atoms with Gasteiger partial charge in [-0.2, -0.15) is 5.10 Å². The lowest BCUT2D eigenvalue weighted by Crippen LogP contribution is -2.30. The molecule has 2 aromatic rings. The van der Waals surface area contributed by atoms with Crippen molar-refractivity contribution in [3.05, 3.63) is 46.6 Å². The highest BCUT2D eigenvalue weighted by molar-refractivity contribution is 9.10. The number of halogens is 1. The summed E-state index contributed by atoms with van der Waals surface area (Å²) in [5, 5.41) is 18.1. The van der Waals surface area contributed by atoms with Gasteiger partial charge in [-0.25, -0.2) is 9.48 Å². The third-order valence-electron chi connectivity index (χ3n) is 3.09. The van der Waals surface area contributed by atoms with Crippen molar-refractivity contribution in [3.63, 3.8) is 0 Å². The number of benzene rings is 1. The molecule has 122 valence electrons. The summed E-state index contributed by atoms with van der Waals surface area (Å²) in [4.78, 5) is 22.2. The van der Waals surface area contributed by atoms with Gasteiger partial charge < -0.3 is 10.4 Å². The Bertz CT molecular complexity index is 687. The number of rotatable bonds is 7. The average molecular weight is 381 g/mol. The summed E-state index contributed by atoms with van der Waals surface area (Å²) in [7, 11) is 0. The lowest BCUT2D eigenvalue weighted by Gasteiger charge is -2.11. The molecule has 0 unspecified atom stereocenters. The Labute approximate surface area is 141 Å². The van der Waals surface area contributed by atoms with Crippen LogP contribution in [0, 0.1) is 0 Å². The van der Waals surface area contributed by atoms with Gasteiger partial charge in [0, 0.05) is 23.5 Å². The van der Waals surface area contributed by atoms with Gasteiger partial charge in [0.1, 0.15) is 5.82 Å². The molecule has 0 aliphatic carbocycles. The largest absolute Gasteiger partial charge is 0.481 e. The normalized spacial score (nSPS) is 10.3. The molecule has 1 aromatic heterocycles. The first-order valence-electron chi connectivity index (χ1n) is 7.08. The molecule has 23 heavy (non-hydrogen) atoms. The predicted molar refractivity (Wildman–Crippen MR) is 89.4 cm³/mol. The minimum absolute atomic E-state index is 0.0280. The van der Waals surface area contributed by atoms with E-state index in [4.69, 9.17) is 5.11 Å². The number of aromatic nitrogens is 2. The zero-order valence-corrected chi connectivity index (χ0v) is 13.9. The van der Waals surface area contributed by atoms with Crippen LogP contribution in [0.4, 0.5) is 10.6 Å². The summed E-state index contributed by atoms with van der Waals surface area (Å²) >= 11 is 3.48. The van der Waals surface area contributed by atoms with E-state index in [-0.39, 0.29) is 12.5 Å². The van der Waals surface area contributed by atoms with Crippen LogP contribution in [-0.2, 0) is 11.3 Å². The Morgan fingerprint density at radius 1 is 1.26 bits per heavy atom. The number of carbonyl (C=O) groups is 2. The molecular formula is C15H17BrN4O3. The second kappa shape index (κ2) is 8.33. The number of hydrogen-bond donors (Lipinski definition) is 3. The molecule has 0 spiro atoms. The van der Waals surface area contributed by atoms with E-state index in [9.17, 15) is 9.59 Å². The van der Waals surface area contributed by atoms with Crippen LogP contribution in [0.5, 0.6) is 0 Å². The minimum atomic E-state index is -0.876. The zero-order chi connectivity index (χ0) is 16.7. The Morgan fingerprint density at radius 2 is 2.04 bits per heavy atom. The SMILES string of the molecule is O=C(O)CCCNC(=O)Nc1ccnn1Cc1ccccc1Br. The van der Waals surface area contributed by atoms with Crippen LogP contribution in [-0.4, -0.2) is 33.4 Å². The van der Waals surface area contributed by atoms with Crippen molar-refractivity contribution < 1.29 is 14.7 Å². The number of hydrogen-bond acceptors (Lipinski definition) is 3. The van der Waals surface area contributed by atoms with Gasteiger partial charge in [0.2, 0.25) is 0 Å². The summed E-state index contributed by atoms with van der Waals surface area (Å²) in [5.74, 6) is -0.310. The standard InChI is InChI=1S/C15H17BrN4O3/c16-12-5-2-1-4-11(12)10-20-13(7-9-18-20)19-15(23)17-8-3-6-14(21)22/h1-2,4-5,7,9H,3,6,8,10H2,(H,21,22)(H2,17,19,23). The van der Waals surface area contributed by atoms with Gasteiger partial charge in [0.05, 0.1) is 12.7 Å². The van der Waals surface area contributed by atoms with E-state index in [1.165, 1.54) is 0 Å². The van der Waals surface area contributed by atoms with Crippen molar-refractivity contribution >= 4 is 33.7 Å². The highest BCUT2D eigenvalue weighted by atomic mass is 79.9. The molecule has 0 atom stereocenters. The molecule has 0 aliphatic rings. The lowest BCUT2D eigenvalue weighted by molar-refractivity contribution is -0.137. The highest BCUT2D eigenvalue weighted by Crippen LogP contribution is 2.18. The lowest BCUT2D eigenvalue weighted by atomic mass is 10.2. The van der Waals surface area contributed by atoms with E-state index in [2.05, 4.69) is 31.7 Å². The number of amides is 2. The summed E-state index contributed by atoms with van der Waals surface area (Å²) in [6, 6.07) is 9.10. The molecule has 2 amide bonds. The van der Waals surface area contributed by atoms with Crippen molar-refractivity contribution in [2.24, 2.45) is 0 Å². The maximum atomic E-state index is 11.8. The fourth-order valence-electron chi connectivity index (χ4n) is 1.95. The molecule has 7 nitrogen and oxygen atoms in total. The number of urea groups is 1. The van der Waals surface area contributed by atoms with Crippen molar-refractivity contribution in [1.82, 2.24) is 15.1 Å². The molecule has 0 fully saturated rings. The summed E-state index contributed by atoms with van der Waals surface area (Å²) < 4.78 is 2.65. The van der Waals surface area contributed by atoms with Gasteiger partial charge in [-0.05, 0) is 18.1 Å². The predicted octanol–water partition coefficient (Wildman–Crippen LogP) is 2.68. The van der Waals surface area contributed by atoms with Crippen LogP contribution < -0.4 is 10.6 Å². The number of carbonyl (C=O) groups excluding carboxylic acids is 1. The van der Waals surface area contributed by atoms with E-state index in [0.29, 0.717) is 25.3 Å². The molecule has 3 N–H and O–H groups in total. The highest BCUT2D eigenvalue weighted by Gasteiger charge is 2.08. The van der Waals surface area contributed by atoms with E-state index in [1.54, 1.807) is 16.9 Å². The van der Waals surface area contributed by atoms with Gasteiger partial charge in [0.15, 0.2) is 0 Å². The summed E-state index contributed by atoms with van der Waals surface area (Å²) in [6.45, 7) is 0.819. The first kappa shape index (κ1) is 17.0. The molecule has 0 aliphatic heterocycles. The maximum Gasteiger partial charge on any atom is 0.320 e.